The van der Waals surface area contributed by atoms with Crippen molar-refractivity contribution in [1.82, 2.24) is 9.13 Å². The van der Waals surface area contributed by atoms with Crippen molar-refractivity contribution < 1.29 is 0 Å². The maximum Gasteiger partial charge on any atom is 0.0991 e. The molecule has 0 atom stereocenters. The van der Waals surface area contributed by atoms with Crippen molar-refractivity contribution >= 4 is 75.9 Å². The number of para-hydroxylation sites is 3. The Morgan fingerprint density at radius 2 is 0.935 bits per heavy atom. The van der Waals surface area contributed by atoms with Crippen LogP contribution < -0.4 is 0 Å². The predicted octanol–water partition coefficient (Wildman–Crippen LogP) is 11.2. The second-order valence-electron chi connectivity index (χ2n) is 12.0. The zero-order valence-electron chi connectivity index (χ0n) is 24.8. The van der Waals surface area contributed by atoms with Gasteiger partial charge in [0.1, 0.15) is 0 Å². The Morgan fingerprint density at radius 1 is 0.370 bits per heavy atom. The van der Waals surface area contributed by atoms with Gasteiger partial charge in [-0.2, -0.15) is 5.26 Å². The fraction of sp³-hybridized carbons (Fsp3) is 0. The van der Waals surface area contributed by atoms with Crippen LogP contribution >= 0.6 is 0 Å². The predicted molar refractivity (Wildman–Crippen MR) is 192 cm³/mol. The van der Waals surface area contributed by atoms with E-state index in [9.17, 15) is 5.26 Å². The number of rotatable bonds is 2. The summed E-state index contributed by atoms with van der Waals surface area (Å²) in [6.45, 7) is 0. The summed E-state index contributed by atoms with van der Waals surface area (Å²) in [4.78, 5) is 0. The molecule has 3 nitrogen and oxygen atoms in total. The lowest BCUT2D eigenvalue weighted by molar-refractivity contribution is 1.18. The highest BCUT2D eigenvalue weighted by atomic mass is 15.0. The van der Waals surface area contributed by atoms with E-state index in [-0.39, 0.29) is 0 Å². The van der Waals surface area contributed by atoms with E-state index in [0.717, 1.165) is 27.5 Å². The molecule has 8 aromatic carbocycles. The molecule has 2 aromatic heterocycles. The Morgan fingerprint density at radius 3 is 1.67 bits per heavy atom. The van der Waals surface area contributed by atoms with Crippen molar-refractivity contribution in [3.63, 3.8) is 0 Å². The van der Waals surface area contributed by atoms with Gasteiger partial charge < -0.3 is 9.13 Å². The van der Waals surface area contributed by atoms with Crippen LogP contribution in [0.1, 0.15) is 5.56 Å². The van der Waals surface area contributed by atoms with Gasteiger partial charge >= 0.3 is 0 Å². The van der Waals surface area contributed by atoms with E-state index >= 15 is 0 Å². The highest BCUT2D eigenvalue weighted by molar-refractivity contribution is 6.28. The van der Waals surface area contributed by atoms with Crippen LogP contribution in [-0.2, 0) is 0 Å². The molecule has 46 heavy (non-hydrogen) atoms. The molecule has 0 radical (unpaired) electrons. The summed E-state index contributed by atoms with van der Waals surface area (Å²) in [6.07, 6.45) is 0. The molecule has 0 amide bonds. The Balaban J connectivity index is 1.38. The van der Waals surface area contributed by atoms with E-state index in [2.05, 4.69) is 155 Å². The van der Waals surface area contributed by atoms with Gasteiger partial charge in [0.25, 0.3) is 0 Å². The van der Waals surface area contributed by atoms with Gasteiger partial charge in [0.2, 0.25) is 0 Å². The van der Waals surface area contributed by atoms with Crippen LogP contribution in [0.15, 0.2) is 152 Å². The number of nitrogens with zero attached hydrogens (tertiary/aromatic N) is 3. The van der Waals surface area contributed by atoms with E-state index < -0.39 is 0 Å². The first kappa shape index (κ1) is 25.0. The summed E-state index contributed by atoms with van der Waals surface area (Å²) < 4.78 is 4.85. The van der Waals surface area contributed by atoms with Gasteiger partial charge in [-0.05, 0) is 86.9 Å². The average Bonchev–Trinajstić information content (AvgIpc) is 3.64. The van der Waals surface area contributed by atoms with Gasteiger partial charge in [-0.3, -0.25) is 0 Å². The lowest BCUT2D eigenvalue weighted by Gasteiger charge is -2.14. The third-order valence-electron chi connectivity index (χ3n) is 9.69. The Hall–Kier alpha value is -6.37. The van der Waals surface area contributed by atoms with E-state index in [0.29, 0.717) is 5.56 Å². The molecule has 10 rings (SSSR count). The topological polar surface area (TPSA) is 33.6 Å². The second-order valence-corrected chi connectivity index (χ2v) is 12.0. The van der Waals surface area contributed by atoms with E-state index in [1.807, 2.05) is 12.1 Å². The standard InChI is InChI=1S/C43H25N3/c44-26-27-18-20-32-33-21-19-29(25-38(33)31-13-5-4-12-30(31)37(32)24-27)46-39-16-8-6-14-34(39)35-22-23-41-42(43(35)46)36-15-7-9-17-40(36)45(41)28-10-2-1-3-11-28/h1-25H. The summed E-state index contributed by atoms with van der Waals surface area (Å²) in [5.74, 6) is 0. The molecule has 0 aliphatic rings. The second kappa shape index (κ2) is 9.32. The normalized spacial score (nSPS) is 11.9. The van der Waals surface area contributed by atoms with Crippen LogP contribution in [0.25, 0.3) is 87.3 Å². The smallest absolute Gasteiger partial charge is 0.0991 e. The minimum atomic E-state index is 0.678. The van der Waals surface area contributed by atoms with Crippen molar-refractivity contribution in [3.05, 3.63) is 157 Å². The van der Waals surface area contributed by atoms with Crippen molar-refractivity contribution in [2.75, 3.05) is 0 Å². The maximum absolute atomic E-state index is 9.65. The molecule has 0 unspecified atom stereocenters. The van der Waals surface area contributed by atoms with E-state index in [4.69, 9.17) is 0 Å². The van der Waals surface area contributed by atoms with Crippen LogP contribution in [0.2, 0.25) is 0 Å². The molecule has 0 spiro atoms. The molecule has 212 valence electrons. The molecule has 0 aliphatic heterocycles. The third-order valence-corrected chi connectivity index (χ3v) is 9.69. The number of benzene rings is 8. The summed E-state index contributed by atoms with van der Waals surface area (Å²) in [5.41, 5.74) is 7.74. The molecule has 0 fully saturated rings. The first-order valence-corrected chi connectivity index (χ1v) is 15.6. The van der Waals surface area contributed by atoms with Gasteiger partial charge in [-0.25, -0.2) is 0 Å². The zero-order chi connectivity index (χ0) is 30.4. The van der Waals surface area contributed by atoms with Gasteiger partial charge in [-0.1, -0.05) is 97.1 Å². The molecule has 0 N–H and O–H groups in total. The van der Waals surface area contributed by atoms with Crippen molar-refractivity contribution in [1.29, 1.82) is 5.26 Å². The van der Waals surface area contributed by atoms with Gasteiger partial charge in [0.15, 0.2) is 0 Å². The summed E-state index contributed by atoms with van der Waals surface area (Å²) in [7, 11) is 0. The highest BCUT2D eigenvalue weighted by Gasteiger charge is 2.21. The molecule has 0 aliphatic carbocycles. The van der Waals surface area contributed by atoms with Crippen molar-refractivity contribution in [2.24, 2.45) is 0 Å². The Kier molecular flexibility index (Phi) is 5.06. The molecule has 0 bridgehead atoms. The first-order valence-electron chi connectivity index (χ1n) is 15.6. The molecule has 0 saturated carbocycles. The summed E-state index contributed by atoms with van der Waals surface area (Å²) in [5, 5.41) is 21.6. The molecular weight excluding hydrogens is 558 g/mol. The monoisotopic (exact) mass is 583 g/mol. The molecule has 2 heterocycles. The van der Waals surface area contributed by atoms with Crippen LogP contribution in [0.3, 0.4) is 0 Å². The Labute approximate surface area is 264 Å². The number of nitriles is 1. The molecular formula is C43H25N3. The first-order chi connectivity index (χ1) is 22.8. The van der Waals surface area contributed by atoms with E-state index in [1.165, 1.54) is 59.8 Å². The molecule has 10 aromatic rings. The largest absolute Gasteiger partial charge is 0.309 e. The number of hydrogen-bond acceptors (Lipinski definition) is 1. The SMILES string of the molecule is N#Cc1ccc2c3ccc(-n4c5ccccc5c5ccc6c(c7ccccc7n6-c6ccccc6)c54)cc3c3ccccc3c2c1. The summed E-state index contributed by atoms with van der Waals surface area (Å²) in [6, 6.07) is 56.6. The molecule has 3 heteroatoms. The van der Waals surface area contributed by atoms with Crippen LogP contribution in [-0.4, -0.2) is 9.13 Å². The number of hydrogen-bond donors (Lipinski definition) is 0. The fourth-order valence-corrected chi connectivity index (χ4v) is 7.79. The van der Waals surface area contributed by atoms with Crippen LogP contribution in [0.5, 0.6) is 0 Å². The quantitative estimate of drug-likeness (QED) is 0.186. The lowest BCUT2D eigenvalue weighted by Crippen LogP contribution is -1.96. The van der Waals surface area contributed by atoms with E-state index in [1.54, 1.807) is 0 Å². The average molecular weight is 584 g/mol. The van der Waals surface area contributed by atoms with Crippen LogP contribution in [0, 0.1) is 11.3 Å². The van der Waals surface area contributed by atoms with Crippen molar-refractivity contribution in [3.8, 4) is 17.4 Å². The maximum atomic E-state index is 9.65. The lowest BCUT2D eigenvalue weighted by atomic mass is 9.93. The number of aromatic nitrogens is 2. The number of fused-ring (bicyclic) bond motifs is 13. The highest BCUT2D eigenvalue weighted by Crippen LogP contribution is 2.43. The minimum absolute atomic E-state index is 0.678. The summed E-state index contributed by atoms with van der Waals surface area (Å²) >= 11 is 0. The van der Waals surface area contributed by atoms with Gasteiger partial charge in [0, 0.05) is 32.9 Å². The van der Waals surface area contributed by atoms with Crippen molar-refractivity contribution in [2.45, 2.75) is 0 Å². The third kappa shape index (κ3) is 3.30. The van der Waals surface area contributed by atoms with Crippen LogP contribution in [0.4, 0.5) is 0 Å². The Bertz CT molecular complexity index is 2900. The zero-order valence-corrected chi connectivity index (χ0v) is 24.8. The minimum Gasteiger partial charge on any atom is -0.309 e. The van der Waals surface area contributed by atoms with Gasteiger partial charge in [-0.15, -0.1) is 0 Å². The van der Waals surface area contributed by atoms with Gasteiger partial charge in [0.05, 0.1) is 33.7 Å². The molecule has 0 saturated heterocycles. The fourth-order valence-electron chi connectivity index (χ4n) is 7.79.